The number of aromatic nitrogens is 3. The number of fused-ring (bicyclic) bond motifs is 3. The zero-order chi connectivity index (χ0) is 21.9. The van der Waals surface area contributed by atoms with Crippen LogP contribution in [0.15, 0.2) is 18.5 Å². The normalized spacial score (nSPS) is 25.7. The Morgan fingerprint density at radius 1 is 1.26 bits per heavy atom. The smallest absolute Gasteiger partial charge is 0.225 e. The summed E-state index contributed by atoms with van der Waals surface area (Å²) in [6.45, 7) is 7.80. The van der Waals surface area contributed by atoms with Gasteiger partial charge >= 0.3 is 0 Å². The topological polar surface area (TPSA) is 80.1 Å². The summed E-state index contributed by atoms with van der Waals surface area (Å²) in [5.74, 6) is 1.28. The number of halogens is 1. The van der Waals surface area contributed by atoms with Crippen LogP contribution in [0.2, 0.25) is 5.02 Å². The van der Waals surface area contributed by atoms with E-state index in [1.54, 1.807) is 13.1 Å². The van der Waals surface area contributed by atoms with Crippen molar-refractivity contribution < 1.29 is 9.59 Å². The average molecular weight is 442 g/mol. The molecule has 1 saturated heterocycles. The molecule has 0 spiro atoms. The number of piperidine rings is 1. The number of carbonyl (C=O) groups is 2. The molecule has 3 aliphatic rings. The molecule has 2 bridgehead atoms. The summed E-state index contributed by atoms with van der Waals surface area (Å²) in [5.41, 5.74) is 3.18. The highest BCUT2D eigenvalue weighted by atomic mass is 35.5. The maximum absolute atomic E-state index is 12.8. The van der Waals surface area contributed by atoms with Crippen molar-refractivity contribution in [3.05, 3.63) is 29.2 Å². The predicted octanol–water partition coefficient (Wildman–Crippen LogP) is 3.77. The second-order valence-electron chi connectivity index (χ2n) is 10.1. The molecule has 5 rings (SSSR count). The Balaban J connectivity index is 1.31. The summed E-state index contributed by atoms with van der Waals surface area (Å²) in [6.07, 6.45) is 6.81. The second-order valence-corrected chi connectivity index (χ2v) is 10.5. The quantitative estimate of drug-likeness (QED) is 0.783. The van der Waals surface area contributed by atoms with Gasteiger partial charge in [-0.05, 0) is 42.6 Å². The fourth-order valence-electron chi connectivity index (χ4n) is 5.76. The van der Waals surface area contributed by atoms with Crippen molar-refractivity contribution in [1.29, 1.82) is 0 Å². The van der Waals surface area contributed by atoms with Crippen molar-refractivity contribution in [3.8, 4) is 11.1 Å². The Labute approximate surface area is 187 Å². The first-order valence-corrected chi connectivity index (χ1v) is 11.4. The molecule has 7 nitrogen and oxygen atoms in total. The lowest BCUT2D eigenvalue weighted by molar-refractivity contribution is -0.132. The first-order valence-electron chi connectivity index (χ1n) is 11.0. The van der Waals surface area contributed by atoms with E-state index in [9.17, 15) is 9.59 Å². The number of anilines is 1. The summed E-state index contributed by atoms with van der Waals surface area (Å²) in [4.78, 5) is 30.9. The zero-order valence-corrected chi connectivity index (χ0v) is 18.9. The van der Waals surface area contributed by atoms with Gasteiger partial charge < -0.3 is 10.2 Å². The van der Waals surface area contributed by atoms with Gasteiger partial charge in [0.2, 0.25) is 11.8 Å². The molecule has 3 unspecified atom stereocenters. The summed E-state index contributed by atoms with van der Waals surface area (Å²) in [5, 5.41) is 8.02. The van der Waals surface area contributed by atoms with Crippen molar-refractivity contribution in [1.82, 2.24) is 19.7 Å². The van der Waals surface area contributed by atoms with E-state index in [2.05, 4.69) is 29.2 Å². The Bertz CT molecular complexity index is 1060. The zero-order valence-electron chi connectivity index (χ0n) is 18.2. The van der Waals surface area contributed by atoms with Gasteiger partial charge in [-0.15, -0.1) is 0 Å². The first-order chi connectivity index (χ1) is 14.7. The monoisotopic (exact) mass is 441 g/mol. The van der Waals surface area contributed by atoms with E-state index in [-0.39, 0.29) is 29.2 Å². The molecule has 2 aliphatic heterocycles. The lowest BCUT2D eigenvalue weighted by atomic mass is 9.89. The lowest BCUT2D eigenvalue weighted by Gasteiger charge is -2.32. The molecule has 3 atom stereocenters. The van der Waals surface area contributed by atoms with E-state index in [1.165, 1.54) is 5.69 Å². The third-order valence-electron chi connectivity index (χ3n) is 7.05. The minimum atomic E-state index is -0.0665. The minimum Gasteiger partial charge on any atom is -0.339 e. The molecule has 2 amide bonds. The van der Waals surface area contributed by atoms with Gasteiger partial charge in [0.25, 0.3) is 0 Å². The van der Waals surface area contributed by atoms with Crippen molar-refractivity contribution in [3.63, 3.8) is 0 Å². The molecule has 164 valence electrons. The Hall–Kier alpha value is -2.41. The highest BCUT2D eigenvalue weighted by molar-refractivity contribution is 6.33. The van der Waals surface area contributed by atoms with Crippen LogP contribution >= 0.6 is 11.6 Å². The molecule has 1 N–H and O–H groups in total. The second kappa shape index (κ2) is 7.33. The third-order valence-corrected chi connectivity index (χ3v) is 7.35. The van der Waals surface area contributed by atoms with Gasteiger partial charge in [0.05, 0.1) is 11.2 Å². The number of hydrogen-bond donors (Lipinski definition) is 1. The van der Waals surface area contributed by atoms with Crippen LogP contribution in [0.1, 0.15) is 45.7 Å². The van der Waals surface area contributed by atoms with Crippen molar-refractivity contribution in [2.45, 2.75) is 59.0 Å². The van der Waals surface area contributed by atoms with E-state index in [0.29, 0.717) is 23.2 Å². The van der Waals surface area contributed by atoms with Crippen LogP contribution in [0, 0.1) is 17.3 Å². The number of rotatable bonds is 4. The van der Waals surface area contributed by atoms with Crippen LogP contribution in [0.5, 0.6) is 0 Å². The van der Waals surface area contributed by atoms with Crippen LogP contribution in [0.4, 0.5) is 5.82 Å². The molecule has 31 heavy (non-hydrogen) atoms. The molecule has 0 aromatic carbocycles. The van der Waals surface area contributed by atoms with Crippen LogP contribution in [0.25, 0.3) is 11.1 Å². The fourth-order valence-corrected chi connectivity index (χ4v) is 5.96. The van der Waals surface area contributed by atoms with Crippen molar-refractivity contribution >= 4 is 29.2 Å². The molecule has 4 heterocycles. The van der Waals surface area contributed by atoms with E-state index < -0.39 is 0 Å². The van der Waals surface area contributed by atoms with Gasteiger partial charge in [-0.25, -0.2) is 4.98 Å². The van der Waals surface area contributed by atoms with E-state index in [0.717, 1.165) is 43.5 Å². The van der Waals surface area contributed by atoms with Crippen LogP contribution in [-0.2, 0) is 22.6 Å². The van der Waals surface area contributed by atoms with Crippen LogP contribution in [0.3, 0.4) is 0 Å². The SMILES string of the molecule is CC(=O)N1CC2CC(CC(=O)Nc3cc(-c4cnn5c4CC(C)(C)C5)c(Cl)cn3)C1C2. The van der Waals surface area contributed by atoms with Crippen LogP contribution < -0.4 is 5.32 Å². The molecule has 1 aliphatic carbocycles. The van der Waals surface area contributed by atoms with E-state index in [4.69, 9.17) is 11.6 Å². The molecule has 2 aromatic heterocycles. The summed E-state index contributed by atoms with van der Waals surface area (Å²) >= 11 is 6.47. The van der Waals surface area contributed by atoms with Crippen LogP contribution in [-0.4, -0.2) is 44.1 Å². The minimum absolute atomic E-state index is 0.0665. The lowest BCUT2D eigenvalue weighted by Crippen LogP contribution is -2.42. The number of likely N-dealkylation sites (tertiary alicyclic amines) is 1. The Kier molecular flexibility index (Phi) is 4.84. The van der Waals surface area contributed by atoms with Gasteiger partial charge in [-0.2, -0.15) is 5.10 Å². The van der Waals surface area contributed by atoms with Gasteiger partial charge in [-0.1, -0.05) is 25.4 Å². The van der Waals surface area contributed by atoms with Gasteiger partial charge in [0.15, 0.2) is 0 Å². The number of nitrogens with one attached hydrogen (secondary N) is 1. The molecule has 1 saturated carbocycles. The Morgan fingerprint density at radius 2 is 2.06 bits per heavy atom. The Morgan fingerprint density at radius 3 is 2.81 bits per heavy atom. The molecule has 2 aromatic rings. The highest BCUT2D eigenvalue weighted by Crippen LogP contribution is 2.43. The number of hydrogen-bond acceptors (Lipinski definition) is 4. The van der Waals surface area contributed by atoms with Gasteiger partial charge in [0.1, 0.15) is 5.82 Å². The average Bonchev–Trinajstić information content (AvgIpc) is 3.42. The van der Waals surface area contributed by atoms with Crippen molar-refractivity contribution in [2.75, 3.05) is 11.9 Å². The molecule has 0 radical (unpaired) electrons. The number of amides is 2. The maximum atomic E-state index is 12.8. The first kappa shape index (κ1) is 20.5. The molecular weight excluding hydrogens is 414 g/mol. The number of nitrogens with zero attached hydrogens (tertiary/aromatic N) is 4. The van der Waals surface area contributed by atoms with Gasteiger partial charge in [0, 0.05) is 55.5 Å². The largest absolute Gasteiger partial charge is 0.339 e. The standard InChI is InChI=1S/C23H28ClN5O2/c1-13(30)28-11-14-4-15(19(28)5-14)6-22(31)27-21-7-16(18(24)10-25-21)17-9-26-29-12-23(2,3)8-20(17)29/h7,9-10,14-15,19H,4-6,8,11-12H2,1-3H3,(H,25,27,31). The van der Waals surface area contributed by atoms with E-state index in [1.807, 2.05) is 21.8 Å². The predicted molar refractivity (Wildman–Crippen MR) is 119 cm³/mol. The molecular formula is C23H28ClN5O2. The molecule has 8 heteroatoms. The number of pyridine rings is 1. The number of carbonyl (C=O) groups excluding carboxylic acids is 2. The summed E-state index contributed by atoms with van der Waals surface area (Å²) in [6, 6.07) is 2.03. The maximum Gasteiger partial charge on any atom is 0.225 e. The van der Waals surface area contributed by atoms with E-state index >= 15 is 0 Å². The third kappa shape index (κ3) is 3.73. The summed E-state index contributed by atoms with van der Waals surface area (Å²) in [7, 11) is 0. The summed E-state index contributed by atoms with van der Waals surface area (Å²) < 4.78 is 2.04. The molecule has 2 fully saturated rings. The fraction of sp³-hybridized carbons (Fsp3) is 0.565. The van der Waals surface area contributed by atoms with Gasteiger partial charge in [-0.3, -0.25) is 14.3 Å². The highest BCUT2D eigenvalue weighted by Gasteiger charge is 2.46. The van der Waals surface area contributed by atoms with Crippen molar-refractivity contribution in [2.24, 2.45) is 17.3 Å².